The van der Waals surface area contributed by atoms with Crippen LogP contribution in [0.3, 0.4) is 0 Å². The highest BCUT2D eigenvalue weighted by Crippen LogP contribution is 2.06. The third kappa shape index (κ3) is 2.75. The van der Waals surface area contributed by atoms with E-state index in [1.54, 1.807) is 4.68 Å². The first-order valence-corrected chi connectivity index (χ1v) is 4.22. The monoisotopic (exact) mass is 205 g/mol. The summed E-state index contributed by atoms with van der Waals surface area (Å²) in [5, 5.41) is 7.65. The molecule has 66 valence electrons. The van der Waals surface area contributed by atoms with E-state index in [-0.39, 0.29) is 0 Å². The van der Waals surface area contributed by atoms with Gasteiger partial charge in [0.25, 0.3) is 0 Å². The van der Waals surface area contributed by atoms with Crippen LogP contribution in [0.4, 0.5) is 5.82 Å². The maximum absolute atomic E-state index is 5.65. The highest BCUT2D eigenvalue weighted by atomic mass is 35.5. The minimum Gasteiger partial charge on any atom is -0.364 e. The van der Waals surface area contributed by atoms with Crippen molar-refractivity contribution in [2.24, 2.45) is 7.05 Å². The van der Waals surface area contributed by atoms with Gasteiger partial charge < -0.3 is 5.32 Å². The van der Waals surface area contributed by atoms with Crippen LogP contribution in [0.2, 0.25) is 0 Å². The second-order valence-electron chi connectivity index (χ2n) is 2.28. The summed E-state index contributed by atoms with van der Waals surface area (Å²) in [6.45, 7) is 0.502. The van der Waals surface area contributed by atoms with Gasteiger partial charge in [0, 0.05) is 29.9 Å². The van der Waals surface area contributed by atoms with Crippen LogP contribution < -0.4 is 5.32 Å². The predicted molar refractivity (Wildman–Crippen MR) is 51.5 cm³/mol. The van der Waals surface area contributed by atoms with Crippen molar-refractivity contribution in [1.29, 1.82) is 0 Å². The largest absolute Gasteiger partial charge is 0.364 e. The van der Waals surface area contributed by atoms with Gasteiger partial charge in [-0.3, -0.25) is 4.68 Å². The Morgan fingerprint density at radius 3 is 3.08 bits per heavy atom. The van der Waals surface area contributed by atoms with E-state index in [1.807, 2.05) is 19.3 Å². The van der Waals surface area contributed by atoms with Gasteiger partial charge in [-0.2, -0.15) is 5.10 Å². The Morgan fingerprint density at radius 1 is 1.83 bits per heavy atom. The number of halogens is 2. The lowest BCUT2D eigenvalue weighted by molar-refractivity contribution is 0.769. The van der Waals surface area contributed by atoms with E-state index in [0.29, 0.717) is 11.6 Å². The Balaban J connectivity index is 2.43. The summed E-state index contributed by atoms with van der Waals surface area (Å²) in [6.07, 6.45) is 1.85. The van der Waals surface area contributed by atoms with Crippen LogP contribution >= 0.6 is 23.2 Å². The molecule has 1 aromatic heterocycles. The number of nitrogens with one attached hydrogen (secondary N) is 1. The molecule has 0 amide bonds. The summed E-state index contributed by atoms with van der Waals surface area (Å²) in [4.78, 5) is 0. The molecule has 0 aliphatic heterocycles. The number of hydrogen-bond donors (Lipinski definition) is 1. The van der Waals surface area contributed by atoms with Crippen molar-refractivity contribution in [3.8, 4) is 0 Å². The van der Waals surface area contributed by atoms with Crippen LogP contribution in [0.25, 0.3) is 0 Å². The molecule has 0 radical (unpaired) electrons. The summed E-state index contributed by atoms with van der Waals surface area (Å²) >= 11 is 11.0. The lowest BCUT2D eigenvalue weighted by Gasteiger charge is -1.99. The van der Waals surface area contributed by atoms with Crippen LogP contribution in [0.15, 0.2) is 22.8 Å². The average molecular weight is 206 g/mol. The molecule has 0 saturated carbocycles. The first kappa shape index (κ1) is 9.42. The molecule has 0 aliphatic rings. The van der Waals surface area contributed by atoms with Crippen LogP contribution in [0.1, 0.15) is 0 Å². The number of anilines is 1. The highest BCUT2D eigenvalue weighted by molar-refractivity contribution is 6.36. The van der Waals surface area contributed by atoms with Crippen molar-refractivity contribution >= 4 is 29.0 Å². The number of nitrogens with zero attached hydrogens (tertiary/aromatic N) is 2. The van der Waals surface area contributed by atoms with Gasteiger partial charge >= 0.3 is 0 Å². The van der Waals surface area contributed by atoms with Gasteiger partial charge in [0.1, 0.15) is 5.82 Å². The van der Waals surface area contributed by atoms with Crippen LogP contribution in [0.5, 0.6) is 0 Å². The number of aryl methyl sites for hydroxylation is 1. The maximum atomic E-state index is 5.65. The number of hydrogen-bond acceptors (Lipinski definition) is 2. The SMILES string of the molecule is Cn1ccc(NCC(Cl)=CCl)n1. The molecule has 0 bridgehead atoms. The molecule has 1 heterocycles. The smallest absolute Gasteiger partial charge is 0.148 e. The first-order valence-electron chi connectivity index (χ1n) is 3.40. The van der Waals surface area contributed by atoms with Gasteiger partial charge in [0.05, 0.1) is 6.54 Å². The summed E-state index contributed by atoms with van der Waals surface area (Å²) in [5.41, 5.74) is 1.33. The van der Waals surface area contributed by atoms with Crippen molar-refractivity contribution in [1.82, 2.24) is 9.78 Å². The zero-order valence-electron chi connectivity index (χ0n) is 6.59. The molecule has 5 heteroatoms. The first-order chi connectivity index (χ1) is 5.72. The molecular weight excluding hydrogens is 197 g/mol. The Kier molecular flexibility index (Phi) is 3.44. The zero-order valence-corrected chi connectivity index (χ0v) is 8.10. The van der Waals surface area contributed by atoms with Crippen molar-refractivity contribution in [3.63, 3.8) is 0 Å². The number of rotatable bonds is 3. The van der Waals surface area contributed by atoms with Crippen molar-refractivity contribution in [2.75, 3.05) is 11.9 Å². The molecule has 1 rings (SSSR count). The third-order valence-electron chi connectivity index (χ3n) is 1.27. The van der Waals surface area contributed by atoms with Gasteiger partial charge in [0.15, 0.2) is 0 Å². The van der Waals surface area contributed by atoms with E-state index in [0.717, 1.165) is 5.82 Å². The Bertz CT molecular complexity index is 280. The van der Waals surface area contributed by atoms with E-state index >= 15 is 0 Å². The summed E-state index contributed by atoms with van der Waals surface area (Å²) in [7, 11) is 1.85. The van der Waals surface area contributed by atoms with Crippen molar-refractivity contribution < 1.29 is 0 Å². The summed E-state index contributed by atoms with van der Waals surface area (Å²) in [6, 6.07) is 1.86. The van der Waals surface area contributed by atoms with Gasteiger partial charge in [-0.25, -0.2) is 0 Å². The molecule has 0 aromatic carbocycles. The average Bonchev–Trinajstić information content (AvgIpc) is 2.47. The lowest BCUT2D eigenvalue weighted by atomic mass is 10.5. The fourth-order valence-electron chi connectivity index (χ4n) is 0.723. The van der Waals surface area contributed by atoms with Gasteiger partial charge in [0.2, 0.25) is 0 Å². The molecule has 3 nitrogen and oxygen atoms in total. The Labute approximate surface area is 81.0 Å². The van der Waals surface area contributed by atoms with E-state index in [9.17, 15) is 0 Å². The molecular formula is C7H9Cl2N3. The van der Waals surface area contributed by atoms with E-state index in [1.165, 1.54) is 5.54 Å². The second-order valence-corrected chi connectivity index (χ2v) is 2.99. The van der Waals surface area contributed by atoms with Crippen LogP contribution in [-0.2, 0) is 7.05 Å². The predicted octanol–water partition coefficient (Wildman–Crippen LogP) is 2.15. The fourth-order valence-corrected chi connectivity index (χ4v) is 0.867. The molecule has 1 aromatic rings. The molecule has 12 heavy (non-hydrogen) atoms. The summed E-state index contributed by atoms with van der Waals surface area (Å²) in [5.74, 6) is 0.786. The fraction of sp³-hybridized carbons (Fsp3) is 0.286. The molecule has 0 spiro atoms. The quantitative estimate of drug-likeness (QED) is 0.821. The highest BCUT2D eigenvalue weighted by Gasteiger charge is 1.95. The lowest BCUT2D eigenvalue weighted by Crippen LogP contribution is -2.02. The van der Waals surface area contributed by atoms with Gasteiger partial charge in [-0.05, 0) is 0 Å². The Hall–Kier alpha value is -0.670. The summed E-state index contributed by atoms with van der Waals surface area (Å²) < 4.78 is 1.71. The molecule has 0 unspecified atom stereocenters. The van der Waals surface area contributed by atoms with Crippen molar-refractivity contribution in [3.05, 3.63) is 22.8 Å². The van der Waals surface area contributed by atoms with Crippen molar-refractivity contribution in [2.45, 2.75) is 0 Å². The normalized spacial score (nSPS) is 11.8. The topological polar surface area (TPSA) is 29.9 Å². The maximum Gasteiger partial charge on any atom is 0.148 e. The standard InChI is InChI=1S/C7H9Cl2N3/c1-12-3-2-7(11-12)10-5-6(9)4-8/h2-4H,5H2,1H3,(H,10,11). The van der Waals surface area contributed by atoms with Gasteiger partial charge in [-0.1, -0.05) is 23.2 Å². The minimum atomic E-state index is 0.502. The molecule has 0 atom stereocenters. The van der Waals surface area contributed by atoms with E-state index < -0.39 is 0 Å². The third-order valence-corrected chi connectivity index (χ3v) is 1.89. The molecule has 1 N–H and O–H groups in total. The van der Waals surface area contributed by atoms with Crippen LogP contribution in [-0.4, -0.2) is 16.3 Å². The Morgan fingerprint density at radius 2 is 2.58 bits per heavy atom. The second kappa shape index (κ2) is 4.38. The molecule has 0 aliphatic carbocycles. The molecule has 0 saturated heterocycles. The minimum absolute atomic E-state index is 0.502. The number of aromatic nitrogens is 2. The van der Waals surface area contributed by atoms with E-state index in [2.05, 4.69) is 10.4 Å². The van der Waals surface area contributed by atoms with Gasteiger partial charge in [-0.15, -0.1) is 0 Å². The van der Waals surface area contributed by atoms with Crippen LogP contribution in [0, 0.1) is 0 Å². The van der Waals surface area contributed by atoms with E-state index in [4.69, 9.17) is 23.2 Å². The zero-order chi connectivity index (χ0) is 8.97. The molecule has 0 fully saturated rings.